The van der Waals surface area contributed by atoms with Crippen molar-refractivity contribution in [3.63, 3.8) is 0 Å². The monoisotopic (exact) mass is 351 g/mol. The van der Waals surface area contributed by atoms with Crippen LogP contribution in [0.4, 0.5) is 0 Å². The third kappa shape index (κ3) is 16.5. The van der Waals surface area contributed by atoms with E-state index in [0.29, 0.717) is 6.61 Å². The number of aliphatic hydroxyl groups is 1. The van der Waals surface area contributed by atoms with Crippen LogP contribution >= 0.6 is 0 Å². The van der Waals surface area contributed by atoms with Crippen molar-refractivity contribution in [3.05, 3.63) is 0 Å². The summed E-state index contributed by atoms with van der Waals surface area (Å²) in [5.74, 6) is 0. The molecule has 0 spiro atoms. The zero-order valence-electron chi connectivity index (χ0n) is 14.2. The lowest BCUT2D eigenvalue weighted by Crippen LogP contribution is -3.00. The number of halogens is 1. The molecule has 2 nitrogen and oxygen atoms in total. The zero-order valence-corrected chi connectivity index (χ0v) is 15.8. The fourth-order valence-corrected chi connectivity index (χ4v) is 2.61. The summed E-state index contributed by atoms with van der Waals surface area (Å²) in [7, 11) is 4.64. The van der Waals surface area contributed by atoms with Gasteiger partial charge in [0.25, 0.3) is 0 Å². The summed E-state index contributed by atoms with van der Waals surface area (Å²) in [5, 5.41) is 8.81. The standard InChI is InChI=1S/C17H38NO.BrH/c1-4-5-6-7-8-9-10-11-12-15-18(2,3)16-13-14-17-19;/h19H,4-17H2,1-3H3;1H/q+1;/p-1. The molecule has 0 amide bonds. The van der Waals surface area contributed by atoms with Crippen LogP contribution in [0.2, 0.25) is 0 Å². The highest BCUT2D eigenvalue weighted by Gasteiger charge is 2.13. The smallest absolute Gasteiger partial charge is 0.0783 e. The number of aliphatic hydroxyl groups excluding tert-OH is 1. The molecule has 124 valence electrons. The average Bonchev–Trinajstić information content (AvgIpc) is 2.37. The van der Waals surface area contributed by atoms with Crippen molar-refractivity contribution in [3.8, 4) is 0 Å². The lowest BCUT2D eigenvalue weighted by Gasteiger charge is -2.29. The predicted molar refractivity (Wildman–Crippen MR) is 85.4 cm³/mol. The third-order valence-corrected chi connectivity index (χ3v) is 4.04. The zero-order chi connectivity index (χ0) is 14.4. The molecule has 0 aromatic rings. The van der Waals surface area contributed by atoms with Gasteiger partial charge in [-0.1, -0.05) is 51.9 Å². The highest BCUT2D eigenvalue weighted by Crippen LogP contribution is 2.11. The summed E-state index contributed by atoms with van der Waals surface area (Å²) in [6.45, 7) is 5.12. The number of nitrogens with zero attached hydrogens (tertiary/aromatic N) is 1. The Balaban J connectivity index is 0. The highest BCUT2D eigenvalue weighted by molar-refractivity contribution is 4.47. The van der Waals surface area contributed by atoms with Gasteiger partial charge in [0, 0.05) is 6.61 Å². The lowest BCUT2D eigenvalue weighted by atomic mass is 10.1. The molecule has 0 saturated carbocycles. The summed E-state index contributed by atoms with van der Waals surface area (Å²) in [6, 6.07) is 0. The molecule has 0 saturated heterocycles. The van der Waals surface area contributed by atoms with Crippen molar-refractivity contribution in [2.75, 3.05) is 33.8 Å². The van der Waals surface area contributed by atoms with Gasteiger partial charge in [-0.3, -0.25) is 0 Å². The Kier molecular flexibility index (Phi) is 17.9. The molecule has 1 N–H and O–H groups in total. The molecule has 0 fully saturated rings. The van der Waals surface area contributed by atoms with Crippen molar-refractivity contribution < 1.29 is 26.6 Å². The van der Waals surface area contributed by atoms with Crippen molar-refractivity contribution in [2.24, 2.45) is 0 Å². The van der Waals surface area contributed by atoms with Crippen LogP contribution in [0.1, 0.15) is 77.6 Å². The average molecular weight is 352 g/mol. The van der Waals surface area contributed by atoms with Crippen LogP contribution in [0.3, 0.4) is 0 Å². The summed E-state index contributed by atoms with van der Waals surface area (Å²) in [6.07, 6.45) is 14.8. The topological polar surface area (TPSA) is 20.2 Å². The summed E-state index contributed by atoms with van der Waals surface area (Å²) in [5.41, 5.74) is 0. The second kappa shape index (κ2) is 15.8. The number of hydrogen-bond donors (Lipinski definition) is 1. The van der Waals surface area contributed by atoms with Gasteiger partial charge < -0.3 is 26.6 Å². The minimum atomic E-state index is 0. The number of rotatable bonds is 14. The maximum Gasteiger partial charge on any atom is 0.0783 e. The van der Waals surface area contributed by atoms with Gasteiger partial charge >= 0.3 is 0 Å². The van der Waals surface area contributed by atoms with Crippen molar-refractivity contribution in [1.29, 1.82) is 0 Å². The van der Waals surface area contributed by atoms with Gasteiger partial charge in [0.1, 0.15) is 0 Å². The van der Waals surface area contributed by atoms with Crippen LogP contribution in [0.5, 0.6) is 0 Å². The van der Waals surface area contributed by atoms with Crippen LogP contribution < -0.4 is 17.0 Å². The third-order valence-electron chi connectivity index (χ3n) is 4.04. The first kappa shape index (κ1) is 22.7. The van der Waals surface area contributed by atoms with Gasteiger partial charge in [-0.05, 0) is 25.7 Å². The fraction of sp³-hybridized carbons (Fsp3) is 1.00. The second-order valence-electron chi connectivity index (χ2n) is 6.64. The van der Waals surface area contributed by atoms with E-state index >= 15 is 0 Å². The Morgan fingerprint density at radius 2 is 1.05 bits per heavy atom. The van der Waals surface area contributed by atoms with E-state index in [2.05, 4.69) is 21.0 Å². The van der Waals surface area contributed by atoms with Crippen LogP contribution in [0.25, 0.3) is 0 Å². The van der Waals surface area contributed by atoms with Crippen molar-refractivity contribution in [1.82, 2.24) is 0 Å². The fourth-order valence-electron chi connectivity index (χ4n) is 2.61. The van der Waals surface area contributed by atoms with E-state index in [1.54, 1.807) is 0 Å². The molecule has 0 aromatic carbocycles. The normalized spacial score (nSPS) is 11.4. The summed E-state index contributed by atoms with van der Waals surface area (Å²) < 4.78 is 1.12. The maximum absolute atomic E-state index is 8.81. The van der Waals surface area contributed by atoms with Gasteiger partial charge in [0.2, 0.25) is 0 Å². The SMILES string of the molecule is CCCCCCCCCCC[N+](C)(C)CCCCO.[Br-]. The first-order chi connectivity index (χ1) is 9.12. The van der Waals surface area contributed by atoms with Crippen LogP contribution in [-0.2, 0) is 0 Å². The van der Waals surface area contributed by atoms with E-state index in [9.17, 15) is 0 Å². The van der Waals surface area contributed by atoms with Crippen molar-refractivity contribution >= 4 is 0 Å². The second-order valence-corrected chi connectivity index (χ2v) is 6.64. The molecule has 20 heavy (non-hydrogen) atoms. The van der Waals surface area contributed by atoms with Gasteiger partial charge in [0.15, 0.2) is 0 Å². The Bertz CT molecular complexity index is 186. The van der Waals surface area contributed by atoms with E-state index < -0.39 is 0 Å². The minimum Gasteiger partial charge on any atom is -1.00 e. The highest BCUT2D eigenvalue weighted by atomic mass is 79.9. The summed E-state index contributed by atoms with van der Waals surface area (Å²) >= 11 is 0. The van der Waals surface area contributed by atoms with Gasteiger partial charge in [0.05, 0.1) is 27.2 Å². The first-order valence-corrected chi connectivity index (χ1v) is 8.55. The number of quaternary nitrogens is 1. The molecule has 0 heterocycles. The molecular weight excluding hydrogens is 314 g/mol. The Labute approximate surface area is 138 Å². The van der Waals surface area contributed by atoms with Crippen LogP contribution in [0.15, 0.2) is 0 Å². The summed E-state index contributed by atoms with van der Waals surface area (Å²) in [4.78, 5) is 0. The molecular formula is C17H38BrNO. The molecule has 0 unspecified atom stereocenters. The van der Waals surface area contributed by atoms with Gasteiger partial charge in [-0.2, -0.15) is 0 Å². The van der Waals surface area contributed by atoms with Gasteiger partial charge in [-0.15, -0.1) is 0 Å². The molecule has 0 rings (SSSR count). The molecule has 0 aliphatic heterocycles. The van der Waals surface area contributed by atoms with Crippen LogP contribution in [-0.4, -0.2) is 43.4 Å². The van der Waals surface area contributed by atoms with Gasteiger partial charge in [-0.25, -0.2) is 0 Å². The lowest BCUT2D eigenvalue weighted by molar-refractivity contribution is -0.890. The molecule has 3 heteroatoms. The molecule has 0 aliphatic carbocycles. The van der Waals surface area contributed by atoms with E-state index in [4.69, 9.17) is 5.11 Å². The number of unbranched alkanes of at least 4 members (excludes halogenated alkanes) is 9. The molecule has 0 bridgehead atoms. The Morgan fingerprint density at radius 1 is 0.650 bits per heavy atom. The molecule has 0 aliphatic rings. The Morgan fingerprint density at radius 3 is 1.50 bits per heavy atom. The van der Waals surface area contributed by atoms with E-state index in [0.717, 1.165) is 17.3 Å². The largest absolute Gasteiger partial charge is 1.00 e. The quantitative estimate of drug-likeness (QED) is 0.370. The first-order valence-electron chi connectivity index (χ1n) is 8.55. The maximum atomic E-state index is 8.81. The van der Waals surface area contributed by atoms with E-state index in [1.807, 2.05) is 0 Å². The Hall–Kier alpha value is 0.400. The molecule has 0 radical (unpaired) electrons. The number of hydrogen-bond acceptors (Lipinski definition) is 1. The minimum absolute atomic E-state index is 0. The van der Waals surface area contributed by atoms with Crippen molar-refractivity contribution in [2.45, 2.75) is 77.6 Å². The molecule has 0 atom stereocenters. The van der Waals surface area contributed by atoms with Crippen LogP contribution in [0, 0.1) is 0 Å². The van der Waals surface area contributed by atoms with E-state index in [-0.39, 0.29) is 17.0 Å². The van der Waals surface area contributed by atoms with E-state index in [1.165, 1.54) is 70.9 Å². The predicted octanol–water partition coefficient (Wildman–Crippen LogP) is 1.37. The molecule has 0 aromatic heterocycles.